The monoisotopic (exact) mass is 378 g/mol. The molecule has 1 atom stereocenters. The average molecular weight is 379 g/mol. The van der Waals surface area contributed by atoms with E-state index in [2.05, 4.69) is 5.32 Å². The maximum Gasteiger partial charge on any atom is 0.243 e. The molecule has 0 aliphatic carbocycles. The molecule has 1 amide bonds. The number of carbonyl (C=O) groups excluding carboxylic acids is 1. The van der Waals surface area contributed by atoms with Crippen molar-refractivity contribution >= 4 is 27.5 Å². The van der Waals surface area contributed by atoms with Gasteiger partial charge in [-0.1, -0.05) is 41.9 Å². The van der Waals surface area contributed by atoms with Gasteiger partial charge in [-0.3, -0.25) is 4.79 Å². The first-order chi connectivity index (χ1) is 12.0. The SMILES string of the molecule is O=C(NCc1ccc(Cl)cc1)C1CCCN1S(=O)(=O)c1ccccc1. The summed E-state index contributed by atoms with van der Waals surface area (Å²) in [5.41, 5.74) is 0.910. The quantitative estimate of drug-likeness (QED) is 0.869. The van der Waals surface area contributed by atoms with Crippen molar-refractivity contribution in [2.24, 2.45) is 0 Å². The van der Waals surface area contributed by atoms with Gasteiger partial charge >= 0.3 is 0 Å². The summed E-state index contributed by atoms with van der Waals surface area (Å²) in [5.74, 6) is -0.271. The van der Waals surface area contributed by atoms with E-state index >= 15 is 0 Å². The lowest BCUT2D eigenvalue weighted by atomic mass is 10.2. The number of amides is 1. The van der Waals surface area contributed by atoms with Crippen LogP contribution in [0.5, 0.6) is 0 Å². The van der Waals surface area contributed by atoms with Crippen LogP contribution in [0, 0.1) is 0 Å². The van der Waals surface area contributed by atoms with Gasteiger partial charge in [0.1, 0.15) is 6.04 Å². The molecule has 132 valence electrons. The van der Waals surface area contributed by atoms with Crippen LogP contribution in [0.2, 0.25) is 5.02 Å². The molecule has 0 saturated carbocycles. The summed E-state index contributed by atoms with van der Waals surface area (Å²) >= 11 is 5.84. The van der Waals surface area contributed by atoms with E-state index in [1.807, 2.05) is 12.1 Å². The number of nitrogens with zero attached hydrogens (tertiary/aromatic N) is 1. The topological polar surface area (TPSA) is 66.5 Å². The van der Waals surface area contributed by atoms with Crippen LogP contribution in [0.25, 0.3) is 0 Å². The lowest BCUT2D eigenvalue weighted by Gasteiger charge is -2.23. The number of nitrogens with one attached hydrogen (secondary N) is 1. The Balaban J connectivity index is 1.70. The molecule has 0 spiro atoms. The molecule has 1 aliphatic rings. The zero-order chi connectivity index (χ0) is 17.9. The highest BCUT2D eigenvalue weighted by atomic mass is 35.5. The van der Waals surface area contributed by atoms with Gasteiger partial charge in [0.05, 0.1) is 4.90 Å². The van der Waals surface area contributed by atoms with Crippen LogP contribution in [0.15, 0.2) is 59.5 Å². The second-order valence-electron chi connectivity index (χ2n) is 5.93. The van der Waals surface area contributed by atoms with E-state index in [-0.39, 0.29) is 10.8 Å². The number of halogens is 1. The van der Waals surface area contributed by atoms with E-state index in [0.717, 1.165) is 5.56 Å². The molecule has 1 fully saturated rings. The van der Waals surface area contributed by atoms with Gasteiger partial charge in [-0.2, -0.15) is 4.31 Å². The van der Waals surface area contributed by atoms with E-state index in [1.165, 1.54) is 4.31 Å². The molecule has 1 saturated heterocycles. The zero-order valence-corrected chi connectivity index (χ0v) is 15.1. The number of hydrogen-bond donors (Lipinski definition) is 1. The Bertz CT molecular complexity index is 838. The van der Waals surface area contributed by atoms with Crippen molar-refractivity contribution in [3.63, 3.8) is 0 Å². The molecule has 7 heteroatoms. The predicted molar refractivity (Wildman–Crippen MR) is 96.7 cm³/mol. The molecule has 1 heterocycles. The van der Waals surface area contributed by atoms with E-state index in [1.54, 1.807) is 42.5 Å². The minimum absolute atomic E-state index is 0.215. The zero-order valence-electron chi connectivity index (χ0n) is 13.6. The van der Waals surface area contributed by atoms with Crippen molar-refractivity contribution < 1.29 is 13.2 Å². The molecule has 1 N–H and O–H groups in total. The van der Waals surface area contributed by atoms with Crippen molar-refractivity contribution in [2.75, 3.05) is 6.54 Å². The van der Waals surface area contributed by atoms with Crippen molar-refractivity contribution in [1.29, 1.82) is 0 Å². The first kappa shape index (κ1) is 17.9. The van der Waals surface area contributed by atoms with Crippen LogP contribution in [-0.2, 0) is 21.4 Å². The Morgan fingerprint density at radius 2 is 1.80 bits per heavy atom. The van der Waals surface area contributed by atoms with Crippen LogP contribution < -0.4 is 5.32 Å². The Hall–Kier alpha value is -1.89. The second-order valence-corrected chi connectivity index (χ2v) is 8.26. The average Bonchev–Trinajstić information content (AvgIpc) is 3.12. The van der Waals surface area contributed by atoms with Gasteiger partial charge < -0.3 is 5.32 Å². The van der Waals surface area contributed by atoms with E-state index in [9.17, 15) is 13.2 Å². The second kappa shape index (κ2) is 7.56. The fourth-order valence-corrected chi connectivity index (χ4v) is 4.73. The number of carbonyl (C=O) groups is 1. The number of sulfonamides is 1. The number of rotatable bonds is 5. The molecule has 0 aromatic heterocycles. The normalized spacial score (nSPS) is 18.2. The molecular weight excluding hydrogens is 360 g/mol. The van der Waals surface area contributed by atoms with Crippen LogP contribution in [-0.4, -0.2) is 31.2 Å². The fraction of sp³-hybridized carbons (Fsp3) is 0.278. The highest BCUT2D eigenvalue weighted by molar-refractivity contribution is 7.89. The van der Waals surface area contributed by atoms with Crippen LogP contribution >= 0.6 is 11.6 Å². The van der Waals surface area contributed by atoms with E-state index in [0.29, 0.717) is 31.0 Å². The van der Waals surface area contributed by atoms with Gasteiger partial charge in [0.25, 0.3) is 0 Å². The molecule has 0 radical (unpaired) electrons. The Kier molecular flexibility index (Phi) is 5.42. The van der Waals surface area contributed by atoms with Crippen molar-refractivity contribution in [3.8, 4) is 0 Å². The van der Waals surface area contributed by atoms with Gasteiger partial charge in [-0.25, -0.2) is 8.42 Å². The summed E-state index contributed by atoms with van der Waals surface area (Å²) in [6.45, 7) is 0.696. The van der Waals surface area contributed by atoms with Gasteiger partial charge in [-0.15, -0.1) is 0 Å². The lowest BCUT2D eigenvalue weighted by molar-refractivity contribution is -0.124. The first-order valence-corrected chi connectivity index (χ1v) is 9.89. The van der Waals surface area contributed by atoms with Crippen LogP contribution in [0.3, 0.4) is 0 Å². The van der Waals surface area contributed by atoms with E-state index < -0.39 is 16.1 Å². The maximum absolute atomic E-state index is 12.8. The first-order valence-electron chi connectivity index (χ1n) is 8.07. The molecule has 2 aromatic carbocycles. The van der Waals surface area contributed by atoms with Gasteiger partial charge in [-0.05, 0) is 42.7 Å². The molecule has 25 heavy (non-hydrogen) atoms. The smallest absolute Gasteiger partial charge is 0.243 e. The van der Waals surface area contributed by atoms with Crippen molar-refractivity contribution in [2.45, 2.75) is 30.3 Å². The molecule has 5 nitrogen and oxygen atoms in total. The summed E-state index contributed by atoms with van der Waals surface area (Å²) < 4.78 is 26.9. The summed E-state index contributed by atoms with van der Waals surface area (Å²) in [4.78, 5) is 12.7. The summed E-state index contributed by atoms with van der Waals surface area (Å²) in [5, 5.41) is 3.46. The highest BCUT2D eigenvalue weighted by Crippen LogP contribution is 2.26. The molecule has 0 bridgehead atoms. The molecule has 1 unspecified atom stereocenters. The fourth-order valence-electron chi connectivity index (χ4n) is 2.93. The maximum atomic E-state index is 12.8. The summed E-state index contributed by atoms with van der Waals surface area (Å²) in [6.07, 6.45) is 1.20. The number of hydrogen-bond acceptors (Lipinski definition) is 3. The standard InChI is InChI=1S/C18H19ClN2O3S/c19-15-10-8-14(9-11-15)13-20-18(22)17-7-4-12-21(17)25(23,24)16-5-2-1-3-6-16/h1-3,5-6,8-11,17H,4,7,12-13H2,(H,20,22). The summed E-state index contributed by atoms with van der Waals surface area (Å²) in [6, 6.07) is 14.7. The third-order valence-electron chi connectivity index (χ3n) is 4.24. The molecular formula is C18H19ClN2O3S. The van der Waals surface area contributed by atoms with Gasteiger partial charge in [0.2, 0.25) is 15.9 Å². The Morgan fingerprint density at radius 1 is 1.12 bits per heavy atom. The van der Waals surface area contributed by atoms with Crippen molar-refractivity contribution in [3.05, 3.63) is 65.2 Å². The van der Waals surface area contributed by atoms with Gasteiger partial charge in [0, 0.05) is 18.1 Å². The minimum atomic E-state index is -3.67. The van der Waals surface area contributed by atoms with Crippen LogP contribution in [0.4, 0.5) is 0 Å². The predicted octanol–water partition coefficient (Wildman–Crippen LogP) is 2.81. The molecule has 3 rings (SSSR count). The Morgan fingerprint density at radius 3 is 2.48 bits per heavy atom. The van der Waals surface area contributed by atoms with Crippen molar-refractivity contribution in [1.82, 2.24) is 9.62 Å². The third-order valence-corrected chi connectivity index (χ3v) is 6.41. The third kappa shape index (κ3) is 4.03. The summed E-state index contributed by atoms with van der Waals surface area (Å²) in [7, 11) is -3.67. The number of benzene rings is 2. The van der Waals surface area contributed by atoms with Crippen LogP contribution in [0.1, 0.15) is 18.4 Å². The molecule has 2 aromatic rings. The van der Waals surface area contributed by atoms with Gasteiger partial charge in [0.15, 0.2) is 0 Å². The minimum Gasteiger partial charge on any atom is -0.351 e. The highest BCUT2D eigenvalue weighted by Gasteiger charge is 2.39. The largest absolute Gasteiger partial charge is 0.351 e. The lowest BCUT2D eigenvalue weighted by Crippen LogP contribution is -2.45. The Labute approximate surface area is 152 Å². The van der Waals surface area contributed by atoms with E-state index in [4.69, 9.17) is 11.6 Å². The molecule has 1 aliphatic heterocycles.